The molecule has 118 valence electrons. The molecule has 0 saturated carbocycles. The van der Waals surface area contributed by atoms with E-state index in [1.807, 2.05) is 14.0 Å². The Kier molecular flexibility index (Phi) is 5.65. The second-order valence-electron chi connectivity index (χ2n) is 6.61. The molecule has 5 heteroatoms. The molecule has 3 N–H and O–H groups in total. The van der Waals surface area contributed by atoms with Crippen molar-refractivity contribution in [2.45, 2.75) is 46.7 Å². The molecule has 2 atom stereocenters. The number of carbonyl (C=O) groups is 1. The predicted molar refractivity (Wildman–Crippen MR) is 90.6 cm³/mol. The number of amides is 1. The molecule has 1 amide bonds. The molecule has 0 aromatic heterocycles. The van der Waals surface area contributed by atoms with Crippen LogP contribution in [0, 0.1) is 5.41 Å². The molecular weight excluding hydrogens is 286 g/mol. The van der Waals surface area contributed by atoms with Gasteiger partial charge in [-0.2, -0.15) is 0 Å². The number of hydrogen-bond acceptors (Lipinski definition) is 3. The third-order valence-electron chi connectivity index (χ3n) is 4.11. The second-order valence-corrected chi connectivity index (χ2v) is 7.02. The molecule has 0 radical (unpaired) electrons. The van der Waals surface area contributed by atoms with Crippen molar-refractivity contribution in [2.24, 2.45) is 5.41 Å². The lowest BCUT2D eigenvalue weighted by atomic mass is 9.86. The highest BCUT2D eigenvalue weighted by Gasteiger charge is 2.29. The van der Waals surface area contributed by atoms with Crippen molar-refractivity contribution < 1.29 is 4.79 Å². The number of carbonyl (C=O) groups excluding carboxylic acids is 1. The Balaban J connectivity index is 2.79. The van der Waals surface area contributed by atoms with E-state index in [-0.39, 0.29) is 23.4 Å². The van der Waals surface area contributed by atoms with Crippen molar-refractivity contribution >= 4 is 28.9 Å². The van der Waals surface area contributed by atoms with Crippen molar-refractivity contribution in [3.8, 4) is 0 Å². The van der Waals surface area contributed by atoms with Gasteiger partial charge in [0.2, 0.25) is 5.91 Å². The lowest BCUT2D eigenvalue weighted by Crippen LogP contribution is -2.48. The normalized spacial score (nSPS) is 14.9. The summed E-state index contributed by atoms with van der Waals surface area (Å²) >= 11 is 6.08. The first kappa shape index (κ1) is 17.8. The number of anilines is 2. The first-order valence-electron chi connectivity index (χ1n) is 7.12. The second kappa shape index (κ2) is 6.67. The third kappa shape index (κ3) is 4.61. The number of nitrogen functional groups attached to an aromatic ring is 1. The van der Waals surface area contributed by atoms with E-state index in [2.05, 4.69) is 37.9 Å². The quantitative estimate of drug-likeness (QED) is 0.835. The summed E-state index contributed by atoms with van der Waals surface area (Å²) in [5, 5.41) is 3.30. The maximum absolute atomic E-state index is 12.4. The first-order chi connectivity index (χ1) is 9.54. The standard InChI is InChI=1S/C16H26ClN3O/c1-10(20(6)11(2)16(3,4)5)15(21)19-14-8-7-12(18)9-13(14)17/h7-11H,18H2,1-6H3,(H,19,21). The Bertz CT molecular complexity index is 511. The summed E-state index contributed by atoms with van der Waals surface area (Å²) in [6.07, 6.45) is 0. The molecule has 1 aromatic carbocycles. The summed E-state index contributed by atoms with van der Waals surface area (Å²) in [6.45, 7) is 10.5. The fourth-order valence-electron chi connectivity index (χ4n) is 2.00. The van der Waals surface area contributed by atoms with Crippen LogP contribution < -0.4 is 11.1 Å². The minimum Gasteiger partial charge on any atom is -0.399 e. The number of nitrogens with one attached hydrogen (secondary N) is 1. The Morgan fingerprint density at radius 2 is 1.90 bits per heavy atom. The van der Waals surface area contributed by atoms with Crippen LogP contribution in [0.5, 0.6) is 0 Å². The van der Waals surface area contributed by atoms with Crippen molar-refractivity contribution in [1.82, 2.24) is 4.90 Å². The molecule has 0 aliphatic heterocycles. The van der Waals surface area contributed by atoms with Gasteiger partial charge in [-0.1, -0.05) is 32.4 Å². The summed E-state index contributed by atoms with van der Waals surface area (Å²) in [5.41, 5.74) is 6.90. The van der Waals surface area contributed by atoms with Crippen LogP contribution in [-0.4, -0.2) is 29.9 Å². The maximum Gasteiger partial charge on any atom is 0.241 e. The van der Waals surface area contributed by atoms with E-state index in [1.165, 1.54) is 0 Å². The highest BCUT2D eigenvalue weighted by molar-refractivity contribution is 6.34. The number of benzene rings is 1. The summed E-state index contributed by atoms with van der Waals surface area (Å²) < 4.78 is 0. The SMILES string of the molecule is CC(C(=O)Nc1ccc(N)cc1Cl)N(C)C(C)C(C)(C)C. The number of halogens is 1. The fourth-order valence-corrected chi connectivity index (χ4v) is 2.24. The maximum atomic E-state index is 12.4. The van der Waals surface area contributed by atoms with Crippen molar-refractivity contribution in [2.75, 3.05) is 18.1 Å². The van der Waals surface area contributed by atoms with Crippen LogP contribution in [0.15, 0.2) is 18.2 Å². The van der Waals surface area contributed by atoms with Gasteiger partial charge >= 0.3 is 0 Å². The molecule has 1 rings (SSSR count). The smallest absolute Gasteiger partial charge is 0.241 e. The van der Waals surface area contributed by atoms with Crippen LogP contribution in [0.3, 0.4) is 0 Å². The first-order valence-corrected chi connectivity index (χ1v) is 7.49. The molecular formula is C16H26ClN3O. The molecule has 0 aliphatic rings. The predicted octanol–water partition coefficient (Wildman–Crippen LogP) is 3.62. The van der Waals surface area contributed by atoms with Crippen LogP contribution in [0.25, 0.3) is 0 Å². The number of nitrogens with zero attached hydrogens (tertiary/aromatic N) is 1. The summed E-state index contributed by atoms with van der Waals surface area (Å²) in [7, 11) is 1.96. The van der Waals surface area contributed by atoms with Gasteiger partial charge in [-0.3, -0.25) is 9.69 Å². The molecule has 1 aromatic rings. The van der Waals surface area contributed by atoms with E-state index in [0.717, 1.165) is 0 Å². The summed E-state index contributed by atoms with van der Waals surface area (Å²) in [5.74, 6) is -0.0831. The van der Waals surface area contributed by atoms with Crippen molar-refractivity contribution in [3.05, 3.63) is 23.2 Å². The van der Waals surface area contributed by atoms with Crippen LogP contribution in [-0.2, 0) is 4.79 Å². The zero-order valence-electron chi connectivity index (χ0n) is 13.7. The Morgan fingerprint density at radius 1 is 1.33 bits per heavy atom. The topological polar surface area (TPSA) is 58.4 Å². The van der Waals surface area contributed by atoms with Gasteiger partial charge in [0.25, 0.3) is 0 Å². The Morgan fingerprint density at radius 3 is 2.38 bits per heavy atom. The van der Waals surface area contributed by atoms with E-state index in [1.54, 1.807) is 18.2 Å². The van der Waals surface area contributed by atoms with Crippen molar-refractivity contribution in [3.63, 3.8) is 0 Å². The number of hydrogen-bond donors (Lipinski definition) is 2. The highest BCUT2D eigenvalue weighted by Crippen LogP contribution is 2.26. The molecule has 0 spiro atoms. The van der Waals surface area contributed by atoms with Gasteiger partial charge < -0.3 is 11.1 Å². The van der Waals surface area contributed by atoms with E-state index in [9.17, 15) is 4.79 Å². The number of nitrogens with two attached hydrogens (primary N) is 1. The summed E-state index contributed by atoms with van der Waals surface area (Å²) in [4.78, 5) is 14.4. The Hall–Kier alpha value is -1.26. The van der Waals surface area contributed by atoms with E-state index < -0.39 is 0 Å². The van der Waals surface area contributed by atoms with E-state index in [4.69, 9.17) is 17.3 Å². The van der Waals surface area contributed by atoms with Crippen LogP contribution >= 0.6 is 11.6 Å². The van der Waals surface area contributed by atoms with Crippen molar-refractivity contribution in [1.29, 1.82) is 0 Å². The molecule has 0 saturated heterocycles. The van der Waals surface area contributed by atoms with Crippen LogP contribution in [0.4, 0.5) is 11.4 Å². The van der Waals surface area contributed by atoms with Gasteiger partial charge in [-0.15, -0.1) is 0 Å². The number of rotatable bonds is 4. The zero-order valence-corrected chi connectivity index (χ0v) is 14.5. The molecule has 0 bridgehead atoms. The lowest BCUT2D eigenvalue weighted by molar-refractivity contribution is -0.121. The largest absolute Gasteiger partial charge is 0.399 e. The highest BCUT2D eigenvalue weighted by atomic mass is 35.5. The van der Waals surface area contributed by atoms with Crippen LogP contribution in [0.1, 0.15) is 34.6 Å². The minimum atomic E-state index is -0.257. The van der Waals surface area contributed by atoms with Gasteiger partial charge in [0.05, 0.1) is 16.8 Å². The van der Waals surface area contributed by atoms with Gasteiger partial charge in [-0.05, 0) is 44.5 Å². The third-order valence-corrected chi connectivity index (χ3v) is 4.42. The average molecular weight is 312 g/mol. The molecule has 4 nitrogen and oxygen atoms in total. The summed E-state index contributed by atoms with van der Waals surface area (Å²) in [6, 6.07) is 5.07. The molecule has 0 heterocycles. The average Bonchev–Trinajstić information content (AvgIpc) is 2.38. The molecule has 0 fully saturated rings. The lowest BCUT2D eigenvalue weighted by Gasteiger charge is -2.38. The van der Waals surface area contributed by atoms with Gasteiger partial charge in [0, 0.05) is 11.7 Å². The monoisotopic (exact) mass is 311 g/mol. The van der Waals surface area contributed by atoms with Gasteiger partial charge in [0.15, 0.2) is 0 Å². The molecule has 21 heavy (non-hydrogen) atoms. The zero-order chi connectivity index (χ0) is 16.4. The minimum absolute atomic E-state index is 0.0831. The van der Waals surface area contributed by atoms with Gasteiger partial charge in [0.1, 0.15) is 0 Å². The van der Waals surface area contributed by atoms with Gasteiger partial charge in [-0.25, -0.2) is 0 Å². The molecule has 0 aliphatic carbocycles. The fraction of sp³-hybridized carbons (Fsp3) is 0.562. The molecule has 2 unspecified atom stereocenters. The van der Waals surface area contributed by atoms with E-state index >= 15 is 0 Å². The number of likely N-dealkylation sites (N-methyl/N-ethyl adjacent to an activating group) is 1. The Labute approximate surface area is 132 Å². The van der Waals surface area contributed by atoms with E-state index in [0.29, 0.717) is 16.4 Å². The van der Waals surface area contributed by atoms with Crippen LogP contribution in [0.2, 0.25) is 5.02 Å².